The first-order chi connectivity index (χ1) is 4.00. The largest absolute Gasteiger partial charge is 0.288 e. The molecule has 54 valence electrons. The first-order valence-electron chi connectivity index (χ1n) is 2.42. The van der Waals surface area contributed by atoms with Gasteiger partial charge < -0.3 is 0 Å². The lowest BCUT2D eigenvalue weighted by Crippen LogP contribution is -1.74. The van der Waals surface area contributed by atoms with Crippen LogP contribution in [-0.4, -0.2) is 10.2 Å². The Morgan fingerprint density at radius 2 is 1.44 bits per heavy atom. The van der Waals surface area contributed by atoms with E-state index in [1.165, 1.54) is 6.92 Å². The summed E-state index contributed by atoms with van der Waals surface area (Å²) in [6.45, 7) is 3.17. The smallest absolute Gasteiger partial charge is 0.185 e. The molecule has 0 saturated carbocycles. The van der Waals surface area contributed by atoms with Crippen molar-refractivity contribution in [3.63, 3.8) is 0 Å². The van der Waals surface area contributed by atoms with E-state index in [0.29, 0.717) is 6.42 Å². The van der Waals surface area contributed by atoms with Crippen LogP contribution in [-0.2, 0) is 9.59 Å². The molecule has 0 unspecified atom stereocenters. The topological polar surface area (TPSA) is 34.1 Å². The van der Waals surface area contributed by atoms with Crippen LogP contribution in [0, 0.1) is 0 Å². The van der Waals surface area contributed by atoms with Gasteiger partial charge in [0, 0.05) is 13.3 Å². The number of rotatable bonds is 1. The lowest BCUT2D eigenvalue weighted by molar-refractivity contribution is -0.110. The zero-order valence-electron chi connectivity index (χ0n) is 5.42. The number of hydrogen-bond donors (Lipinski definition) is 2. The van der Waals surface area contributed by atoms with Crippen LogP contribution in [0.5, 0.6) is 0 Å². The lowest BCUT2D eigenvalue weighted by Gasteiger charge is -1.70. The molecule has 0 amide bonds. The van der Waals surface area contributed by atoms with Crippen molar-refractivity contribution in [2.45, 2.75) is 20.3 Å². The van der Waals surface area contributed by atoms with Crippen LogP contribution >= 0.6 is 25.3 Å². The highest BCUT2D eigenvalue weighted by Crippen LogP contribution is 1.80. The molecule has 0 rings (SSSR count). The van der Waals surface area contributed by atoms with Crippen molar-refractivity contribution < 1.29 is 9.59 Å². The molecular weight excluding hydrogens is 156 g/mol. The molecular formula is C5H10O2S2. The van der Waals surface area contributed by atoms with Crippen molar-refractivity contribution in [3.8, 4) is 0 Å². The number of thiol groups is 2. The summed E-state index contributed by atoms with van der Waals surface area (Å²) < 4.78 is 0. The molecule has 0 aliphatic carbocycles. The van der Waals surface area contributed by atoms with Gasteiger partial charge >= 0.3 is 0 Å². The molecule has 0 aromatic heterocycles. The monoisotopic (exact) mass is 166 g/mol. The number of carbonyl (C=O) groups is 2. The molecule has 0 radical (unpaired) electrons. The highest BCUT2D eigenvalue weighted by Gasteiger charge is 1.78. The van der Waals surface area contributed by atoms with E-state index < -0.39 is 0 Å². The first-order valence-corrected chi connectivity index (χ1v) is 3.31. The van der Waals surface area contributed by atoms with Crippen LogP contribution < -0.4 is 0 Å². The Bertz CT molecular complexity index is 97.1. The molecule has 2 nitrogen and oxygen atoms in total. The van der Waals surface area contributed by atoms with Gasteiger partial charge in [-0.05, 0) is 0 Å². The van der Waals surface area contributed by atoms with Crippen LogP contribution in [0.2, 0.25) is 0 Å². The fourth-order valence-electron chi connectivity index (χ4n) is 0. The third-order valence-corrected chi connectivity index (χ3v) is 0.619. The average Bonchev–Trinajstić information content (AvgIpc) is 1.65. The van der Waals surface area contributed by atoms with Gasteiger partial charge in [-0.2, -0.15) is 0 Å². The molecule has 0 saturated heterocycles. The fourth-order valence-corrected chi connectivity index (χ4v) is 0. The van der Waals surface area contributed by atoms with Gasteiger partial charge in [-0.15, -0.1) is 25.3 Å². The van der Waals surface area contributed by atoms with Gasteiger partial charge in [-0.25, -0.2) is 0 Å². The average molecular weight is 166 g/mol. The summed E-state index contributed by atoms with van der Waals surface area (Å²) in [5.41, 5.74) is 0. The SMILES string of the molecule is CC(=O)S.CCC(=O)S. The van der Waals surface area contributed by atoms with Gasteiger partial charge in [0.25, 0.3) is 0 Å². The van der Waals surface area contributed by atoms with Gasteiger partial charge in [0.2, 0.25) is 0 Å². The van der Waals surface area contributed by atoms with Crippen molar-refractivity contribution in [2.24, 2.45) is 0 Å². The zero-order valence-corrected chi connectivity index (χ0v) is 7.21. The zero-order chi connectivity index (χ0) is 7.86. The van der Waals surface area contributed by atoms with E-state index in [1.54, 1.807) is 6.92 Å². The second kappa shape index (κ2) is 8.04. The third kappa shape index (κ3) is 70.5. The molecule has 0 aliphatic rings. The highest BCUT2D eigenvalue weighted by molar-refractivity contribution is 7.96. The Kier molecular flexibility index (Phi) is 10.5. The maximum Gasteiger partial charge on any atom is 0.185 e. The summed E-state index contributed by atoms with van der Waals surface area (Å²) >= 11 is 6.79. The van der Waals surface area contributed by atoms with Crippen molar-refractivity contribution in [2.75, 3.05) is 0 Å². The van der Waals surface area contributed by atoms with Gasteiger partial charge in [0.05, 0.1) is 0 Å². The Hall–Kier alpha value is 0.0400. The first kappa shape index (κ1) is 11.8. The maximum absolute atomic E-state index is 9.68. The Labute approximate surface area is 65.8 Å². The molecule has 0 bridgehead atoms. The van der Waals surface area contributed by atoms with Crippen molar-refractivity contribution in [1.82, 2.24) is 0 Å². The molecule has 0 heterocycles. The molecule has 4 heteroatoms. The highest BCUT2D eigenvalue weighted by atomic mass is 32.1. The quantitative estimate of drug-likeness (QED) is 0.576. The Morgan fingerprint density at radius 1 is 1.33 bits per heavy atom. The van der Waals surface area contributed by atoms with Crippen LogP contribution in [0.4, 0.5) is 0 Å². The summed E-state index contributed by atoms with van der Waals surface area (Å²) in [6.07, 6.45) is 0.531. The summed E-state index contributed by atoms with van der Waals surface area (Å²) in [4.78, 5) is 19.0. The molecule has 0 N–H and O–H groups in total. The molecule has 0 aromatic rings. The second-order valence-electron chi connectivity index (χ2n) is 1.27. The van der Waals surface area contributed by atoms with Crippen LogP contribution in [0.1, 0.15) is 20.3 Å². The van der Waals surface area contributed by atoms with Gasteiger partial charge in [0.1, 0.15) is 0 Å². The Morgan fingerprint density at radius 3 is 1.44 bits per heavy atom. The van der Waals surface area contributed by atoms with Gasteiger partial charge in [-0.3, -0.25) is 9.59 Å². The third-order valence-electron chi connectivity index (χ3n) is 0.302. The van der Waals surface area contributed by atoms with Gasteiger partial charge in [-0.1, -0.05) is 6.92 Å². The van der Waals surface area contributed by atoms with E-state index in [0.717, 1.165) is 0 Å². The standard InChI is InChI=1S/C3H6OS.C2H4OS/c1-2-3(4)5;1-2(3)4/h2H2,1H3,(H,4,5);1H3,(H,3,4). The van der Waals surface area contributed by atoms with Crippen LogP contribution in [0.25, 0.3) is 0 Å². The predicted molar refractivity (Wildman–Crippen MR) is 44.0 cm³/mol. The predicted octanol–water partition coefficient (Wildman–Crippen LogP) is 1.32. The fraction of sp³-hybridized carbons (Fsp3) is 0.600. The molecule has 0 spiro atoms. The summed E-state index contributed by atoms with van der Waals surface area (Å²) in [6, 6.07) is 0. The normalized spacial score (nSPS) is 7.11. The van der Waals surface area contributed by atoms with Crippen molar-refractivity contribution in [1.29, 1.82) is 0 Å². The van der Waals surface area contributed by atoms with E-state index in [2.05, 4.69) is 25.3 Å². The van der Waals surface area contributed by atoms with E-state index in [9.17, 15) is 9.59 Å². The Balaban J connectivity index is 0. The molecule has 0 aliphatic heterocycles. The van der Waals surface area contributed by atoms with Gasteiger partial charge in [0.15, 0.2) is 10.2 Å². The molecule has 0 fully saturated rings. The minimum Gasteiger partial charge on any atom is -0.288 e. The maximum atomic E-state index is 9.68. The molecule has 0 aromatic carbocycles. The molecule has 0 atom stereocenters. The van der Waals surface area contributed by atoms with Crippen LogP contribution in [0.15, 0.2) is 0 Å². The van der Waals surface area contributed by atoms with E-state index in [4.69, 9.17) is 0 Å². The minimum absolute atomic E-state index is 0.0509. The summed E-state index contributed by atoms with van der Waals surface area (Å²) in [7, 11) is 0. The number of hydrogen-bond acceptors (Lipinski definition) is 2. The lowest BCUT2D eigenvalue weighted by atomic mass is 10.6. The second-order valence-corrected chi connectivity index (χ2v) is 2.39. The van der Waals surface area contributed by atoms with Crippen molar-refractivity contribution in [3.05, 3.63) is 0 Å². The number of carbonyl (C=O) groups excluding carboxylic acids is 2. The summed E-state index contributed by atoms with van der Waals surface area (Å²) in [5.74, 6) is 0. The van der Waals surface area contributed by atoms with Crippen molar-refractivity contribution >= 4 is 35.5 Å². The van der Waals surface area contributed by atoms with E-state index >= 15 is 0 Å². The van der Waals surface area contributed by atoms with Crippen LogP contribution in [0.3, 0.4) is 0 Å². The van der Waals surface area contributed by atoms with E-state index in [-0.39, 0.29) is 10.2 Å². The van der Waals surface area contributed by atoms with E-state index in [1.807, 2.05) is 0 Å². The summed E-state index contributed by atoms with van der Waals surface area (Å²) in [5, 5.41) is -0.190. The minimum atomic E-state index is -0.139. The molecule has 9 heavy (non-hydrogen) atoms.